The van der Waals surface area contributed by atoms with Crippen LogP contribution in [0.4, 0.5) is 0 Å². The van der Waals surface area contributed by atoms with Crippen LogP contribution in [0.1, 0.15) is 12.8 Å². The maximum absolute atomic E-state index is 7.85. The first-order valence-corrected chi connectivity index (χ1v) is 2.91. The summed E-state index contributed by atoms with van der Waals surface area (Å²) in [7, 11) is 1.66. The molecule has 0 N–H and O–H groups in total. The van der Waals surface area contributed by atoms with Gasteiger partial charge in [-0.15, -0.1) is 0 Å². The van der Waals surface area contributed by atoms with Gasteiger partial charge in [0.1, 0.15) is 0 Å². The monoisotopic (exact) mass is 129 g/mol. The van der Waals surface area contributed by atoms with Crippen molar-refractivity contribution in [1.29, 1.82) is 0 Å². The first kappa shape index (κ1) is 8.27. The Morgan fingerprint density at radius 3 is 2.89 bits per heavy atom. The van der Waals surface area contributed by atoms with Gasteiger partial charge in [0.2, 0.25) is 0 Å². The zero-order valence-electron chi connectivity index (χ0n) is 5.58. The molecule has 0 aromatic heterocycles. The summed E-state index contributed by atoms with van der Waals surface area (Å²) in [4.78, 5) is 2.62. The second-order valence-corrected chi connectivity index (χ2v) is 1.65. The van der Waals surface area contributed by atoms with E-state index < -0.39 is 0 Å². The molecular weight excluding hydrogens is 118 g/mol. The van der Waals surface area contributed by atoms with Crippen LogP contribution >= 0.6 is 0 Å². The Labute approximate surface area is 54.4 Å². The van der Waals surface area contributed by atoms with Crippen LogP contribution in [0.25, 0.3) is 10.4 Å². The third-order valence-electron chi connectivity index (χ3n) is 0.920. The van der Waals surface area contributed by atoms with Gasteiger partial charge in [0.25, 0.3) is 0 Å². The van der Waals surface area contributed by atoms with E-state index in [-0.39, 0.29) is 0 Å². The maximum Gasteiger partial charge on any atom is 0.0462 e. The second kappa shape index (κ2) is 7.27. The number of azide groups is 1. The van der Waals surface area contributed by atoms with Crippen molar-refractivity contribution in [3.8, 4) is 0 Å². The van der Waals surface area contributed by atoms with Crippen molar-refractivity contribution in [3.05, 3.63) is 10.4 Å². The molecule has 0 amide bonds. The SMILES string of the molecule is COCCCCN=[N+]=[N-]. The van der Waals surface area contributed by atoms with Crippen LogP contribution in [0.5, 0.6) is 0 Å². The number of rotatable bonds is 5. The van der Waals surface area contributed by atoms with Crippen molar-refractivity contribution in [2.75, 3.05) is 20.3 Å². The normalized spacial score (nSPS) is 8.56. The summed E-state index contributed by atoms with van der Waals surface area (Å²) >= 11 is 0. The lowest BCUT2D eigenvalue weighted by Gasteiger charge is -1.93. The van der Waals surface area contributed by atoms with E-state index in [0.717, 1.165) is 19.4 Å². The zero-order valence-corrected chi connectivity index (χ0v) is 5.58. The number of hydrogen-bond donors (Lipinski definition) is 0. The van der Waals surface area contributed by atoms with Crippen molar-refractivity contribution >= 4 is 0 Å². The smallest absolute Gasteiger partial charge is 0.0462 e. The number of unbranched alkanes of at least 4 members (excludes halogenated alkanes) is 1. The van der Waals surface area contributed by atoms with Gasteiger partial charge in [-0.05, 0) is 18.4 Å². The van der Waals surface area contributed by atoms with Crippen molar-refractivity contribution in [2.24, 2.45) is 5.11 Å². The van der Waals surface area contributed by atoms with Crippen LogP contribution in [0.15, 0.2) is 5.11 Å². The molecule has 0 rings (SSSR count). The molecule has 0 spiro atoms. The predicted octanol–water partition coefficient (Wildman–Crippen LogP) is 1.72. The van der Waals surface area contributed by atoms with Crippen LogP contribution in [0.3, 0.4) is 0 Å². The summed E-state index contributed by atoms with van der Waals surface area (Å²) in [5.41, 5.74) is 7.85. The molecule has 52 valence electrons. The molecule has 0 unspecified atom stereocenters. The van der Waals surface area contributed by atoms with Gasteiger partial charge in [-0.3, -0.25) is 0 Å². The van der Waals surface area contributed by atoms with Crippen LogP contribution in [0, 0.1) is 0 Å². The summed E-state index contributed by atoms with van der Waals surface area (Å²) < 4.78 is 4.79. The Morgan fingerprint density at radius 1 is 1.56 bits per heavy atom. The lowest BCUT2D eigenvalue weighted by molar-refractivity contribution is 0.193. The number of methoxy groups -OCH3 is 1. The Morgan fingerprint density at radius 2 is 2.33 bits per heavy atom. The molecule has 0 saturated heterocycles. The Balaban J connectivity index is 2.82. The number of nitrogens with zero attached hydrogens (tertiary/aromatic N) is 3. The fraction of sp³-hybridized carbons (Fsp3) is 1.00. The van der Waals surface area contributed by atoms with E-state index in [1.807, 2.05) is 0 Å². The number of hydrogen-bond acceptors (Lipinski definition) is 2. The third kappa shape index (κ3) is 7.27. The average Bonchev–Trinajstić information content (AvgIpc) is 1.89. The van der Waals surface area contributed by atoms with E-state index in [9.17, 15) is 0 Å². The van der Waals surface area contributed by atoms with E-state index in [0.29, 0.717) is 6.54 Å². The summed E-state index contributed by atoms with van der Waals surface area (Å²) in [6.07, 6.45) is 1.88. The molecule has 0 fully saturated rings. The summed E-state index contributed by atoms with van der Waals surface area (Å²) in [6, 6.07) is 0. The molecule has 0 bridgehead atoms. The zero-order chi connectivity index (χ0) is 6.95. The fourth-order valence-corrected chi connectivity index (χ4v) is 0.474. The van der Waals surface area contributed by atoms with Crippen LogP contribution in [0.2, 0.25) is 0 Å². The Hall–Kier alpha value is -0.730. The molecule has 0 aromatic rings. The highest BCUT2D eigenvalue weighted by atomic mass is 16.5. The average molecular weight is 129 g/mol. The highest BCUT2D eigenvalue weighted by Gasteiger charge is 1.82. The van der Waals surface area contributed by atoms with E-state index in [1.54, 1.807) is 7.11 Å². The molecule has 4 heteroatoms. The standard InChI is InChI=1S/C5H11N3O/c1-9-5-3-2-4-7-8-6/h2-5H2,1H3. The van der Waals surface area contributed by atoms with Gasteiger partial charge in [0.15, 0.2) is 0 Å². The van der Waals surface area contributed by atoms with Crippen molar-refractivity contribution < 1.29 is 4.74 Å². The van der Waals surface area contributed by atoms with Crippen molar-refractivity contribution in [3.63, 3.8) is 0 Å². The van der Waals surface area contributed by atoms with E-state index in [1.165, 1.54) is 0 Å². The Bertz CT molecular complexity index is 98.4. The molecular formula is C5H11N3O. The molecule has 4 nitrogen and oxygen atoms in total. The molecule has 9 heavy (non-hydrogen) atoms. The lowest BCUT2D eigenvalue weighted by atomic mass is 10.3. The van der Waals surface area contributed by atoms with Gasteiger partial charge in [-0.25, -0.2) is 0 Å². The Kier molecular flexibility index (Phi) is 6.68. The van der Waals surface area contributed by atoms with Crippen LogP contribution < -0.4 is 0 Å². The molecule has 0 aromatic carbocycles. The van der Waals surface area contributed by atoms with Gasteiger partial charge < -0.3 is 4.74 Å². The van der Waals surface area contributed by atoms with Gasteiger partial charge in [0.05, 0.1) is 0 Å². The topological polar surface area (TPSA) is 58.0 Å². The quantitative estimate of drug-likeness (QED) is 0.241. The van der Waals surface area contributed by atoms with Crippen molar-refractivity contribution in [2.45, 2.75) is 12.8 Å². The van der Waals surface area contributed by atoms with Crippen LogP contribution in [-0.2, 0) is 4.74 Å². The molecule has 0 aliphatic heterocycles. The lowest BCUT2D eigenvalue weighted by Crippen LogP contribution is -1.88. The van der Waals surface area contributed by atoms with E-state index in [4.69, 9.17) is 10.3 Å². The molecule has 0 aliphatic rings. The first-order chi connectivity index (χ1) is 4.41. The van der Waals surface area contributed by atoms with Gasteiger partial charge in [-0.2, -0.15) is 0 Å². The third-order valence-corrected chi connectivity index (χ3v) is 0.920. The first-order valence-electron chi connectivity index (χ1n) is 2.91. The molecule has 0 heterocycles. The highest BCUT2D eigenvalue weighted by Crippen LogP contribution is 1.88. The molecule has 0 saturated carbocycles. The molecule has 0 atom stereocenters. The molecule has 0 aliphatic carbocycles. The predicted molar refractivity (Wildman–Crippen MR) is 35.1 cm³/mol. The van der Waals surface area contributed by atoms with E-state index >= 15 is 0 Å². The van der Waals surface area contributed by atoms with Crippen LogP contribution in [-0.4, -0.2) is 20.3 Å². The molecule has 0 radical (unpaired) electrons. The summed E-state index contributed by atoms with van der Waals surface area (Å²) in [6.45, 7) is 1.33. The fourth-order valence-electron chi connectivity index (χ4n) is 0.474. The summed E-state index contributed by atoms with van der Waals surface area (Å²) in [5.74, 6) is 0. The summed E-state index contributed by atoms with van der Waals surface area (Å²) in [5, 5.41) is 3.37. The van der Waals surface area contributed by atoms with Crippen molar-refractivity contribution in [1.82, 2.24) is 0 Å². The number of ether oxygens (including phenoxy) is 1. The largest absolute Gasteiger partial charge is 0.385 e. The maximum atomic E-state index is 7.85. The van der Waals surface area contributed by atoms with Gasteiger partial charge in [0, 0.05) is 25.2 Å². The highest BCUT2D eigenvalue weighted by molar-refractivity contribution is 4.46. The second-order valence-electron chi connectivity index (χ2n) is 1.65. The van der Waals surface area contributed by atoms with Gasteiger partial charge >= 0.3 is 0 Å². The van der Waals surface area contributed by atoms with Gasteiger partial charge in [-0.1, -0.05) is 5.11 Å². The minimum absolute atomic E-state index is 0.583. The minimum Gasteiger partial charge on any atom is -0.385 e. The minimum atomic E-state index is 0.583. The van der Waals surface area contributed by atoms with E-state index in [2.05, 4.69) is 10.0 Å².